The Bertz CT molecular complexity index is 692. The number of nitrogens with one attached hydrogen (secondary N) is 1. The summed E-state index contributed by atoms with van der Waals surface area (Å²) < 4.78 is 10.7. The van der Waals surface area contributed by atoms with Crippen molar-refractivity contribution in [2.45, 2.75) is 58.8 Å². The van der Waals surface area contributed by atoms with Gasteiger partial charge in [-0.15, -0.1) is 10.2 Å². The number of unbranched alkanes of at least 4 members (excludes halogenated alkanes) is 5. The second-order valence-electron chi connectivity index (χ2n) is 6.46. The number of rotatable bonds is 13. The number of anilines is 1. The molecule has 1 aromatic carbocycles. The Hall–Kier alpha value is -2.77. The van der Waals surface area contributed by atoms with Gasteiger partial charge >= 0.3 is 12.0 Å². The SMILES string of the molecule is CCCCCCNc1nnc(OC(=O)c2ccc(OCCCCC)cc2)nn1. The van der Waals surface area contributed by atoms with E-state index in [1.807, 2.05) is 0 Å². The Morgan fingerprint density at radius 2 is 1.57 bits per heavy atom. The summed E-state index contributed by atoms with van der Waals surface area (Å²) in [7, 11) is 0. The van der Waals surface area contributed by atoms with Gasteiger partial charge in [-0.05, 0) is 37.1 Å². The van der Waals surface area contributed by atoms with E-state index in [0.717, 1.165) is 44.4 Å². The highest BCUT2D eigenvalue weighted by atomic mass is 16.5. The van der Waals surface area contributed by atoms with Crippen LogP contribution in [-0.4, -0.2) is 39.5 Å². The highest BCUT2D eigenvalue weighted by molar-refractivity contribution is 5.90. The molecular formula is C20H29N5O3. The van der Waals surface area contributed by atoms with Gasteiger partial charge in [0, 0.05) is 6.54 Å². The molecule has 0 aliphatic heterocycles. The summed E-state index contributed by atoms with van der Waals surface area (Å²) >= 11 is 0. The van der Waals surface area contributed by atoms with Crippen LogP contribution in [0, 0.1) is 0 Å². The number of carbonyl (C=O) groups is 1. The molecule has 152 valence electrons. The zero-order valence-corrected chi connectivity index (χ0v) is 16.7. The van der Waals surface area contributed by atoms with E-state index in [-0.39, 0.29) is 6.01 Å². The lowest BCUT2D eigenvalue weighted by Gasteiger charge is -2.07. The Kier molecular flexibility index (Phi) is 9.68. The number of hydrogen-bond donors (Lipinski definition) is 1. The average molecular weight is 387 g/mol. The fraction of sp³-hybridized carbons (Fsp3) is 0.550. The largest absolute Gasteiger partial charge is 0.494 e. The van der Waals surface area contributed by atoms with E-state index in [1.165, 1.54) is 12.8 Å². The third-order valence-electron chi connectivity index (χ3n) is 4.06. The van der Waals surface area contributed by atoms with E-state index in [9.17, 15) is 4.79 Å². The van der Waals surface area contributed by atoms with Gasteiger partial charge in [-0.2, -0.15) is 0 Å². The highest BCUT2D eigenvalue weighted by Crippen LogP contribution is 2.14. The molecule has 2 aromatic rings. The van der Waals surface area contributed by atoms with Crippen LogP contribution in [0.2, 0.25) is 0 Å². The monoisotopic (exact) mass is 387 g/mol. The number of ether oxygens (including phenoxy) is 2. The van der Waals surface area contributed by atoms with Crippen LogP contribution in [-0.2, 0) is 0 Å². The first-order chi connectivity index (χ1) is 13.7. The molecule has 0 bridgehead atoms. The maximum atomic E-state index is 12.2. The fourth-order valence-electron chi connectivity index (χ4n) is 2.45. The summed E-state index contributed by atoms with van der Waals surface area (Å²) in [4.78, 5) is 12.2. The van der Waals surface area contributed by atoms with Gasteiger partial charge < -0.3 is 14.8 Å². The van der Waals surface area contributed by atoms with Gasteiger partial charge in [0.05, 0.1) is 12.2 Å². The van der Waals surface area contributed by atoms with E-state index in [0.29, 0.717) is 18.1 Å². The third kappa shape index (κ3) is 7.85. The van der Waals surface area contributed by atoms with Crippen molar-refractivity contribution in [3.8, 4) is 11.8 Å². The van der Waals surface area contributed by atoms with Crippen molar-refractivity contribution >= 4 is 11.9 Å². The molecule has 0 radical (unpaired) electrons. The molecule has 0 unspecified atom stereocenters. The van der Waals surface area contributed by atoms with Crippen molar-refractivity contribution < 1.29 is 14.3 Å². The summed E-state index contributed by atoms with van der Waals surface area (Å²) in [6.07, 6.45) is 7.89. The average Bonchev–Trinajstić information content (AvgIpc) is 2.73. The summed E-state index contributed by atoms with van der Waals surface area (Å²) in [5.74, 6) is 0.476. The van der Waals surface area contributed by atoms with Crippen molar-refractivity contribution in [3.05, 3.63) is 29.8 Å². The van der Waals surface area contributed by atoms with Crippen molar-refractivity contribution in [1.82, 2.24) is 20.4 Å². The minimum absolute atomic E-state index is 0.179. The van der Waals surface area contributed by atoms with E-state index >= 15 is 0 Å². The van der Waals surface area contributed by atoms with Crippen LogP contribution in [0.5, 0.6) is 11.8 Å². The standard InChI is InChI=1S/C20H29N5O3/c1-3-5-7-8-14-21-19-22-24-20(25-23-19)28-18(26)16-10-12-17(13-11-16)27-15-9-6-4-2/h10-13H,3-9,14-15H2,1-2H3,(H,21,22,23). The molecule has 1 heterocycles. The van der Waals surface area contributed by atoms with Crippen LogP contribution < -0.4 is 14.8 Å². The van der Waals surface area contributed by atoms with Gasteiger partial charge in [0.25, 0.3) is 5.95 Å². The quantitative estimate of drug-likeness (QED) is 0.406. The third-order valence-corrected chi connectivity index (χ3v) is 4.06. The zero-order valence-electron chi connectivity index (χ0n) is 16.7. The van der Waals surface area contributed by atoms with Crippen molar-refractivity contribution in [2.24, 2.45) is 0 Å². The van der Waals surface area contributed by atoms with Crippen LogP contribution in [0.3, 0.4) is 0 Å². The Labute approximate surface area is 166 Å². The summed E-state index contributed by atoms with van der Waals surface area (Å²) in [6.45, 7) is 5.74. The molecule has 8 nitrogen and oxygen atoms in total. The van der Waals surface area contributed by atoms with Crippen molar-refractivity contribution in [1.29, 1.82) is 0 Å². The Morgan fingerprint density at radius 3 is 2.25 bits per heavy atom. The predicted octanol–water partition coefficient (Wildman–Crippen LogP) is 4.05. The van der Waals surface area contributed by atoms with Crippen LogP contribution in [0.25, 0.3) is 0 Å². The molecule has 1 N–H and O–H groups in total. The molecule has 1 aromatic heterocycles. The second kappa shape index (κ2) is 12.6. The predicted molar refractivity (Wildman–Crippen MR) is 107 cm³/mol. The van der Waals surface area contributed by atoms with Crippen LogP contribution in [0.4, 0.5) is 5.95 Å². The lowest BCUT2D eigenvalue weighted by molar-refractivity contribution is 0.0715. The molecule has 0 aliphatic carbocycles. The minimum Gasteiger partial charge on any atom is -0.494 e. The van der Waals surface area contributed by atoms with Crippen molar-refractivity contribution in [3.63, 3.8) is 0 Å². The molecule has 0 spiro atoms. The molecular weight excluding hydrogens is 358 g/mol. The van der Waals surface area contributed by atoms with E-state index in [2.05, 4.69) is 39.6 Å². The zero-order chi connectivity index (χ0) is 20.0. The first-order valence-corrected chi connectivity index (χ1v) is 9.99. The number of aromatic nitrogens is 4. The lowest BCUT2D eigenvalue weighted by atomic mass is 10.2. The molecule has 0 fully saturated rings. The number of benzene rings is 1. The highest BCUT2D eigenvalue weighted by Gasteiger charge is 2.12. The molecule has 0 amide bonds. The number of carbonyl (C=O) groups excluding carboxylic acids is 1. The smallest absolute Gasteiger partial charge is 0.363 e. The molecule has 0 aliphatic rings. The summed E-state index contributed by atoms with van der Waals surface area (Å²) in [6, 6.07) is 6.59. The van der Waals surface area contributed by atoms with Gasteiger partial charge in [0.2, 0.25) is 0 Å². The van der Waals surface area contributed by atoms with Gasteiger partial charge in [0.15, 0.2) is 0 Å². The molecule has 28 heavy (non-hydrogen) atoms. The molecule has 8 heteroatoms. The molecule has 2 rings (SSSR count). The first-order valence-electron chi connectivity index (χ1n) is 9.99. The number of hydrogen-bond acceptors (Lipinski definition) is 8. The molecule has 0 saturated carbocycles. The van der Waals surface area contributed by atoms with E-state index < -0.39 is 5.97 Å². The first kappa shape index (κ1) is 21.5. The van der Waals surface area contributed by atoms with E-state index in [1.54, 1.807) is 24.3 Å². The van der Waals surface area contributed by atoms with Gasteiger partial charge in [-0.1, -0.05) is 56.1 Å². The Morgan fingerprint density at radius 1 is 0.893 bits per heavy atom. The fourth-order valence-corrected chi connectivity index (χ4v) is 2.45. The van der Waals surface area contributed by atoms with Crippen LogP contribution >= 0.6 is 0 Å². The maximum absolute atomic E-state index is 12.2. The lowest BCUT2D eigenvalue weighted by Crippen LogP contribution is -2.13. The second-order valence-corrected chi connectivity index (χ2v) is 6.46. The number of esters is 1. The summed E-state index contributed by atoms with van der Waals surface area (Å²) in [5.41, 5.74) is 0.377. The summed E-state index contributed by atoms with van der Waals surface area (Å²) in [5, 5.41) is 18.4. The Balaban J connectivity index is 1.77. The number of nitrogens with zero attached hydrogens (tertiary/aromatic N) is 4. The molecule has 0 atom stereocenters. The van der Waals surface area contributed by atoms with E-state index in [4.69, 9.17) is 9.47 Å². The van der Waals surface area contributed by atoms with Gasteiger partial charge in [-0.3, -0.25) is 0 Å². The van der Waals surface area contributed by atoms with Gasteiger partial charge in [0.1, 0.15) is 5.75 Å². The maximum Gasteiger partial charge on any atom is 0.363 e. The normalized spacial score (nSPS) is 10.5. The van der Waals surface area contributed by atoms with Crippen LogP contribution in [0.1, 0.15) is 69.2 Å². The van der Waals surface area contributed by atoms with Gasteiger partial charge in [-0.25, -0.2) is 4.79 Å². The molecule has 0 saturated heterocycles. The van der Waals surface area contributed by atoms with Crippen molar-refractivity contribution in [2.75, 3.05) is 18.5 Å². The van der Waals surface area contributed by atoms with Crippen LogP contribution in [0.15, 0.2) is 24.3 Å². The minimum atomic E-state index is -0.568. The topological polar surface area (TPSA) is 99.1 Å².